The Morgan fingerprint density at radius 3 is 3.03 bits per heavy atom. The molecular formula is C25H28IN5O. The molecule has 2 bridgehead atoms. The van der Waals surface area contributed by atoms with E-state index in [9.17, 15) is 4.79 Å². The van der Waals surface area contributed by atoms with Gasteiger partial charge in [0.25, 0.3) is 0 Å². The Kier molecular flexibility index (Phi) is 7.57. The van der Waals surface area contributed by atoms with Crippen LogP contribution in [0.3, 0.4) is 0 Å². The van der Waals surface area contributed by atoms with Crippen molar-refractivity contribution in [3.05, 3.63) is 78.4 Å². The molecule has 4 rings (SSSR count). The standard InChI is InChI=1S/C25H28IN5O/c1-2-7-20(9-4-3-5-13-26)22-10-11-23-24(29-22)31(21-12-15-30(23)18-21)25(32)28-17-19-8-6-14-27-16-19/h3-4,6,8-12,14-16,21H,2,5,7,13,17-18H2,1H3,(H,28,32)/b4-3-,20-9+. The normalized spacial score (nSPS) is 17.2. The lowest BCUT2D eigenvalue weighted by molar-refractivity contribution is 0.244. The van der Waals surface area contributed by atoms with Crippen molar-refractivity contribution < 1.29 is 4.79 Å². The zero-order chi connectivity index (χ0) is 22.3. The van der Waals surface area contributed by atoms with E-state index in [4.69, 9.17) is 4.98 Å². The average Bonchev–Trinajstić information content (AvgIpc) is 3.24. The molecule has 0 aromatic carbocycles. The fourth-order valence-corrected chi connectivity index (χ4v) is 4.33. The molecular weight excluding hydrogens is 513 g/mol. The number of hydrogen-bond donors (Lipinski definition) is 1. The summed E-state index contributed by atoms with van der Waals surface area (Å²) in [6.45, 7) is 3.36. The van der Waals surface area contributed by atoms with Gasteiger partial charge in [0.2, 0.25) is 0 Å². The van der Waals surface area contributed by atoms with E-state index in [1.807, 2.05) is 12.1 Å². The summed E-state index contributed by atoms with van der Waals surface area (Å²) in [5, 5.41) is 3.04. The molecule has 0 saturated heterocycles. The molecule has 166 valence electrons. The molecule has 0 fully saturated rings. The predicted molar refractivity (Wildman–Crippen MR) is 139 cm³/mol. The van der Waals surface area contributed by atoms with Gasteiger partial charge < -0.3 is 10.2 Å². The van der Waals surface area contributed by atoms with Crippen LogP contribution in [-0.2, 0) is 6.54 Å². The molecule has 2 amide bonds. The number of halogens is 1. The number of allylic oxidation sites excluding steroid dienone is 4. The number of pyridine rings is 2. The number of aromatic nitrogens is 2. The van der Waals surface area contributed by atoms with Crippen molar-refractivity contribution in [1.29, 1.82) is 0 Å². The van der Waals surface area contributed by atoms with Crippen molar-refractivity contribution in [2.24, 2.45) is 0 Å². The summed E-state index contributed by atoms with van der Waals surface area (Å²) in [6.07, 6.45) is 17.1. The highest BCUT2D eigenvalue weighted by atomic mass is 127. The number of rotatable bonds is 8. The van der Waals surface area contributed by atoms with E-state index in [-0.39, 0.29) is 12.1 Å². The molecule has 6 nitrogen and oxygen atoms in total. The van der Waals surface area contributed by atoms with E-state index in [0.717, 1.165) is 47.2 Å². The largest absolute Gasteiger partial charge is 0.343 e. The van der Waals surface area contributed by atoms with Crippen LogP contribution in [0.1, 0.15) is 37.4 Å². The van der Waals surface area contributed by atoms with Gasteiger partial charge in [-0.25, -0.2) is 9.78 Å². The van der Waals surface area contributed by atoms with Crippen LogP contribution in [0, 0.1) is 0 Å². The van der Waals surface area contributed by atoms with Crippen molar-refractivity contribution in [2.75, 3.05) is 20.8 Å². The van der Waals surface area contributed by atoms with Crippen LogP contribution in [0.4, 0.5) is 16.3 Å². The summed E-state index contributed by atoms with van der Waals surface area (Å²) in [6, 6.07) is 7.82. The molecule has 32 heavy (non-hydrogen) atoms. The van der Waals surface area contributed by atoms with Crippen LogP contribution >= 0.6 is 22.6 Å². The molecule has 1 unspecified atom stereocenters. The maximum absolute atomic E-state index is 13.2. The molecule has 2 aliphatic rings. The lowest BCUT2D eigenvalue weighted by Crippen LogP contribution is -2.50. The average molecular weight is 541 g/mol. The number of carbonyl (C=O) groups excluding carboxylic acids is 1. The summed E-state index contributed by atoms with van der Waals surface area (Å²) in [5.41, 5.74) is 4.05. The van der Waals surface area contributed by atoms with Crippen LogP contribution in [0.15, 0.2) is 67.2 Å². The Labute approximate surface area is 203 Å². The minimum absolute atomic E-state index is 0.0266. The fourth-order valence-electron chi connectivity index (χ4n) is 3.97. The topological polar surface area (TPSA) is 61.4 Å². The molecule has 4 heterocycles. The number of anilines is 2. The Hall–Kier alpha value is -2.68. The number of fused-ring (bicyclic) bond motifs is 4. The van der Waals surface area contributed by atoms with Crippen molar-refractivity contribution in [1.82, 2.24) is 15.3 Å². The minimum atomic E-state index is -0.140. The van der Waals surface area contributed by atoms with Gasteiger partial charge in [0.1, 0.15) is 0 Å². The lowest BCUT2D eigenvalue weighted by atomic mass is 10.0. The second-order valence-electron chi connectivity index (χ2n) is 7.84. The first-order valence-electron chi connectivity index (χ1n) is 11.0. The molecule has 2 aliphatic heterocycles. The summed E-state index contributed by atoms with van der Waals surface area (Å²) >= 11 is 2.38. The van der Waals surface area contributed by atoms with Gasteiger partial charge in [-0.1, -0.05) is 60.2 Å². The van der Waals surface area contributed by atoms with Crippen LogP contribution in [0.2, 0.25) is 0 Å². The van der Waals surface area contributed by atoms with Gasteiger partial charge in [0.05, 0.1) is 17.4 Å². The van der Waals surface area contributed by atoms with E-state index in [2.05, 4.69) is 87.4 Å². The lowest BCUT2D eigenvalue weighted by Gasteiger charge is -2.36. The summed E-state index contributed by atoms with van der Waals surface area (Å²) in [5.74, 6) is 0.714. The Bertz CT molecular complexity index is 1030. The second kappa shape index (κ2) is 10.8. The highest BCUT2D eigenvalue weighted by Crippen LogP contribution is 2.39. The van der Waals surface area contributed by atoms with Crippen LogP contribution in [-0.4, -0.2) is 33.0 Å². The quantitative estimate of drug-likeness (QED) is 0.274. The first kappa shape index (κ1) is 22.5. The second-order valence-corrected chi connectivity index (χ2v) is 8.92. The number of urea groups is 1. The molecule has 0 aliphatic carbocycles. The molecule has 7 heteroatoms. The van der Waals surface area contributed by atoms with Crippen molar-refractivity contribution in [2.45, 2.75) is 38.8 Å². The predicted octanol–water partition coefficient (Wildman–Crippen LogP) is 5.47. The summed E-state index contributed by atoms with van der Waals surface area (Å²) in [4.78, 5) is 26.3. The van der Waals surface area contributed by atoms with E-state index < -0.39 is 0 Å². The maximum Gasteiger partial charge on any atom is 0.324 e. The van der Waals surface area contributed by atoms with Crippen molar-refractivity contribution in [3.63, 3.8) is 0 Å². The third-order valence-electron chi connectivity index (χ3n) is 5.54. The number of carbonyl (C=O) groups is 1. The number of alkyl halides is 1. The monoisotopic (exact) mass is 541 g/mol. The van der Waals surface area contributed by atoms with Crippen LogP contribution in [0.5, 0.6) is 0 Å². The van der Waals surface area contributed by atoms with Crippen molar-refractivity contribution in [3.8, 4) is 0 Å². The molecule has 0 spiro atoms. The smallest absolute Gasteiger partial charge is 0.324 e. The Morgan fingerprint density at radius 1 is 1.34 bits per heavy atom. The Balaban J connectivity index is 1.62. The first-order valence-corrected chi connectivity index (χ1v) is 12.6. The van der Waals surface area contributed by atoms with Gasteiger partial charge in [-0.2, -0.15) is 0 Å². The van der Waals surface area contributed by atoms with Gasteiger partial charge in [0, 0.05) is 36.1 Å². The van der Waals surface area contributed by atoms with Crippen LogP contribution < -0.4 is 15.1 Å². The molecule has 0 radical (unpaired) electrons. The van der Waals surface area contributed by atoms with E-state index >= 15 is 0 Å². The first-order chi connectivity index (χ1) is 15.7. The third kappa shape index (κ3) is 5.03. The molecule has 1 atom stereocenters. The molecule has 1 N–H and O–H groups in total. The third-order valence-corrected chi connectivity index (χ3v) is 6.16. The van der Waals surface area contributed by atoms with Gasteiger partial charge in [0.15, 0.2) is 5.82 Å². The molecule has 0 saturated carbocycles. The van der Waals surface area contributed by atoms with Gasteiger partial charge >= 0.3 is 6.03 Å². The highest BCUT2D eigenvalue weighted by Gasteiger charge is 2.37. The minimum Gasteiger partial charge on any atom is -0.343 e. The number of hydrogen-bond acceptors (Lipinski definition) is 4. The van der Waals surface area contributed by atoms with Gasteiger partial charge in [-0.3, -0.25) is 9.88 Å². The highest BCUT2D eigenvalue weighted by molar-refractivity contribution is 14.1. The van der Waals surface area contributed by atoms with E-state index in [1.54, 1.807) is 17.3 Å². The fraction of sp³-hybridized carbons (Fsp3) is 0.320. The number of amides is 2. The SMILES string of the molecule is CCC/C(=C\C=C/CCI)c1ccc2c(n1)N(C(=O)NCc1cccnc1)C1C=CN2C1. The maximum atomic E-state index is 13.2. The zero-order valence-corrected chi connectivity index (χ0v) is 20.4. The molecule has 2 aromatic rings. The van der Waals surface area contributed by atoms with Gasteiger partial charge in [-0.05, 0) is 48.3 Å². The molecule has 2 aromatic heterocycles. The number of nitrogens with zero attached hydrogens (tertiary/aromatic N) is 4. The zero-order valence-electron chi connectivity index (χ0n) is 18.2. The van der Waals surface area contributed by atoms with Crippen LogP contribution in [0.25, 0.3) is 5.57 Å². The van der Waals surface area contributed by atoms with Crippen molar-refractivity contribution >= 4 is 45.7 Å². The van der Waals surface area contributed by atoms with E-state index in [0.29, 0.717) is 12.4 Å². The summed E-state index contributed by atoms with van der Waals surface area (Å²) < 4.78 is 1.11. The van der Waals surface area contributed by atoms with E-state index in [1.165, 1.54) is 5.57 Å². The Morgan fingerprint density at radius 2 is 2.25 bits per heavy atom. The number of nitrogens with one attached hydrogen (secondary N) is 1. The van der Waals surface area contributed by atoms with Gasteiger partial charge in [-0.15, -0.1) is 0 Å². The summed E-state index contributed by atoms with van der Waals surface area (Å²) in [7, 11) is 0.